The third-order valence-corrected chi connectivity index (χ3v) is 5.68. The van der Waals surface area contributed by atoms with Crippen LogP contribution in [0.3, 0.4) is 0 Å². The van der Waals surface area contributed by atoms with Crippen LogP contribution in [0, 0.1) is 5.92 Å². The largest absolute Gasteiger partial charge is 0.481 e. The summed E-state index contributed by atoms with van der Waals surface area (Å²) in [7, 11) is 0. The predicted molar refractivity (Wildman–Crippen MR) is 137 cm³/mol. The molecule has 1 amide bonds. The summed E-state index contributed by atoms with van der Waals surface area (Å²) in [5.74, 6) is -1.11. The lowest BCUT2D eigenvalue weighted by atomic mass is 10.0. The van der Waals surface area contributed by atoms with Crippen molar-refractivity contribution in [1.29, 1.82) is 0 Å². The highest BCUT2D eigenvalue weighted by atomic mass is 16.4. The van der Waals surface area contributed by atoms with E-state index in [1.54, 1.807) is 0 Å². The number of hydrogen-bond acceptors (Lipinski definition) is 6. The summed E-state index contributed by atoms with van der Waals surface area (Å²) in [4.78, 5) is 35.2. The number of nitrogens with one attached hydrogen (secondary N) is 1. The normalized spacial score (nSPS) is 16.9. The molecule has 190 valence electrons. The second-order valence-corrected chi connectivity index (χ2v) is 8.55. The Morgan fingerprint density at radius 2 is 1.51 bits per heavy atom. The molecular weight excluding hydrogens is 448 g/mol. The van der Waals surface area contributed by atoms with E-state index in [-0.39, 0.29) is 5.91 Å². The smallest absolute Gasteiger partial charge is 0.300 e. The van der Waals surface area contributed by atoms with Crippen molar-refractivity contribution in [3.63, 3.8) is 0 Å². The van der Waals surface area contributed by atoms with Gasteiger partial charge in [0.1, 0.15) is 0 Å². The molecule has 2 aliphatic rings. The van der Waals surface area contributed by atoms with Crippen LogP contribution in [0.2, 0.25) is 0 Å². The number of carbonyl (C=O) groups is 3. The molecule has 2 fully saturated rings. The Bertz CT molecular complexity index is 971. The topological polar surface area (TPSA) is 136 Å². The van der Waals surface area contributed by atoms with Crippen LogP contribution in [-0.4, -0.2) is 78.8 Å². The van der Waals surface area contributed by atoms with E-state index in [1.165, 1.54) is 5.69 Å². The summed E-state index contributed by atoms with van der Waals surface area (Å²) in [6.07, 6.45) is 1.01. The molecule has 2 aromatic rings. The fourth-order valence-corrected chi connectivity index (χ4v) is 4.03. The second kappa shape index (κ2) is 14.1. The Morgan fingerprint density at radius 3 is 2.09 bits per heavy atom. The third-order valence-electron chi connectivity index (χ3n) is 5.68. The molecule has 0 bridgehead atoms. The highest BCUT2D eigenvalue weighted by Crippen LogP contribution is 2.27. The minimum Gasteiger partial charge on any atom is -0.481 e. The lowest BCUT2D eigenvalue weighted by Crippen LogP contribution is -2.43. The van der Waals surface area contributed by atoms with Crippen molar-refractivity contribution >= 4 is 23.5 Å². The minimum atomic E-state index is -0.833. The lowest BCUT2D eigenvalue weighted by Gasteiger charge is -2.29. The minimum absolute atomic E-state index is 0.117. The molecule has 0 aromatic heterocycles. The summed E-state index contributed by atoms with van der Waals surface area (Å²) in [6.45, 7) is 8.50. The fraction of sp³-hybridized carbons (Fsp3) is 0.423. The van der Waals surface area contributed by atoms with Crippen LogP contribution in [0.5, 0.6) is 0 Å². The third kappa shape index (κ3) is 9.38. The van der Waals surface area contributed by atoms with E-state index in [4.69, 9.17) is 25.5 Å². The van der Waals surface area contributed by atoms with Crippen LogP contribution in [0.25, 0.3) is 11.1 Å². The van der Waals surface area contributed by atoms with Gasteiger partial charge in [-0.3, -0.25) is 14.4 Å². The molecule has 0 aliphatic carbocycles. The van der Waals surface area contributed by atoms with Crippen molar-refractivity contribution in [3.8, 4) is 11.1 Å². The maximum Gasteiger partial charge on any atom is 0.300 e. The van der Waals surface area contributed by atoms with Crippen molar-refractivity contribution in [2.45, 2.75) is 20.3 Å². The van der Waals surface area contributed by atoms with Crippen molar-refractivity contribution in [2.24, 2.45) is 11.7 Å². The molecule has 0 saturated carbocycles. The number of rotatable bonds is 4. The van der Waals surface area contributed by atoms with Gasteiger partial charge in [0, 0.05) is 64.4 Å². The van der Waals surface area contributed by atoms with E-state index < -0.39 is 11.9 Å². The van der Waals surface area contributed by atoms with Crippen molar-refractivity contribution < 1.29 is 24.6 Å². The SMILES string of the molecule is CC(=O)O.CC(=O)O.NCC1CCN(C(=O)c2cccc(-c3cccc(N4CCNCC4)c3)c2)C1. The maximum atomic E-state index is 12.9. The highest BCUT2D eigenvalue weighted by molar-refractivity contribution is 5.95. The van der Waals surface area contributed by atoms with E-state index in [9.17, 15) is 4.79 Å². The number of carboxylic acids is 2. The molecule has 4 rings (SSSR count). The molecule has 2 aliphatic heterocycles. The molecule has 0 radical (unpaired) electrons. The van der Waals surface area contributed by atoms with Crippen LogP contribution in [-0.2, 0) is 9.59 Å². The molecule has 2 aromatic carbocycles. The Morgan fingerprint density at radius 1 is 0.943 bits per heavy atom. The molecular formula is C26H36N4O5. The van der Waals surface area contributed by atoms with Gasteiger partial charge in [0.25, 0.3) is 17.8 Å². The van der Waals surface area contributed by atoms with Crippen LogP contribution in [0.4, 0.5) is 5.69 Å². The monoisotopic (exact) mass is 484 g/mol. The van der Waals surface area contributed by atoms with Gasteiger partial charge in [0.2, 0.25) is 0 Å². The quantitative estimate of drug-likeness (QED) is 0.519. The first-order valence-corrected chi connectivity index (χ1v) is 11.8. The van der Waals surface area contributed by atoms with Gasteiger partial charge >= 0.3 is 0 Å². The number of piperazine rings is 1. The predicted octanol–water partition coefficient (Wildman–Crippen LogP) is 2.37. The van der Waals surface area contributed by atoms with Crippen LogP contribution < -0.4 is 16.0 Å². The first-order valence-electron chi connectivity index (χ1n) is 11.8. The zero-order chi connectivity index (χ0) is 25.8. The zero-order valence-corrected chi connectivity index (χ0v) is 20.4. The molecule has 1 unspecified atom stereocenters. The summed E-state index contributed by atoms with van der Waals surface area (Å²) >= 11 is 0. The Balaban J connectivity index is 0.000000473. The molecule has 2 saturated heterocycles. The Hall–Kier alpha value is -3.43. The number of anilines is 1. The van der Waals surface area contributed by atoms with E-state index >= 15 is 0 Å². The molecule has 9 nitrogen and oxygen atoms in total. The van der Waals surface area contributed by atoms with Crippen LogP contribution in [0.1, 0.15) is 30.6 Å². The number of carboxylic acid groups (broad SMARTS) is 2. The van der Waals surface area contributed by atoms with Crippen LogP contribution in [0.15, 0.2) is 48.5 Å². The number of nitrogens with two attached hydrogens (primary N) is 1. The van der Waals surface area contributed by atoms with Crippen LogP contribution >= 0.6 is 0 Å². The second-order valence-electron chi connectivity index (χ2n) is 8.55. The highest BCUT2D eigenvalue weighted by Gasteiger charge is 2.26. The number of carbonyl (C=O) groups excluding carboxylic acids is 1. The molecule has 9 heteroatoms. The Kier molecular flexibility index (Phi) is 11.2. The zero-order valence-electron chi connectivity index (χ0n) is 20.4. The van der Waals surface area contributed by atoms with Gasteiger partial charge in [-0.05, 0) is 54.3 Å². The van der Waals surface area contributed by atoms with E-state index in [1.807, 2.05) is 23.1 Å². The molecule has 2 heterocycles. The first-order chi connectivity index (χ1) is 16.7. The average molecular weight is 485 g/mol. The number of aliphatic carboxylic acids is 2. The van der Waals surface area contributed by atoms with E-state index in [2.05, 4.69) is 40.5 Å². The standard InChI is InChI=1S/C22H28N4O.2C2H4O2/c23-15-17-7-10-26(16-17)22(27)20-5-1-3-18(13-20)19-4-2-6-21(14-19)25-11-8-24-9-12-25;2*1-2(3)4/h1-6,13-14,17,24H,7-12,15-16,23H2;2*1H3,(H,3,4). The fourth-order valence-electron chi connectivity index (χ4n) is 4.03. The van der Waals surface area contributed by atoms with Gasteiger partial charge in [-0.2, -0.15) is 0 Å². The summed E-state index contributed by atoms with van der Waals surface area (Å²) < 4.78 is 0. The van der Waals surface area contributed by atoms with Gasteiger partial charge < -0.3 is 31.1 Å². The van der Waals surface area contributed by atoms with E-state index in [0.29, 0.717) is 12.5 Å². The van der Waals surface area contributed by atoms with E-state index in [0.717, 1.165) is 76.2 Å². The van der Waals surface area contributed by atoms with Crippen molar-refractivity contribution in [3.05, 3.63) is 54.1 Å². The average Bonchev–Trinajstić information content (AvgIpc) is 3.33. The number of nitrogens with zero attached hydrogens (tertiary/aromatic N) is 2. The number of benzene rings is 2. The molecule has 5 N–H and O–H groups in total. The lowest BCUT2D eigenvalue weighted by molar-refractivity contribution is -0.135. The van der Waals surface area contributed by atoms with Crippen molar-refractivity contribution in [2.75, 3.05) is 50.7 Å². The number of likely N-dealkylation sites (tertiary alicyclic amines) is 1. The van der Waals surface area contributed by atoms with Gasteiger partial charge in [-0.1, -0.05) is 24.3 Å². The molecule has 35 heavy (non-hydrogen) atoms. The Labute approximate surface area is 206 Å². The van der Waals surface area contributed by atoms with Crippen molar-refractivity contribution in [1.82, 2.24) is 10.2 Å². The maximum absolute atomic E-state index is 12.9. The summed E-state index contributed by atoms with van der Waals surface area (Å²) in [6, 6.07) is 16.6. The van der Waals surface area contributed by atoms with Gasteiger partial charge in [-0.15, -0.1) is 0 Å². The molecule has 1 atom stereocenters. The number of hydrogen-bond donors (Lipinski definition) is 4. The summed E-state index contributed by atoms with van der Waals surface area (Å²) in [5.41, 5.74) is 10.0. The first kappa shape index (κ1) is 27.8. The molecule has 0 spiro atoms. The van der Waals surface area contributed by atoms with Gasteiger partial charge in [0.15, 0.2) is 0 Å². The van der Waals surface area contributed by atoms with Gasteiger partial charge in [0.05, 0.1) is 0 Å². The van der Waals surface area contributed by atoms with Gasteiger partial charge in [-0.25, -0.2) is 0 Å². The summed E-state index contributed by atoms with van der Waals surface area (Å²) in [5, 5.41) is 18.2. The number of amides is 1.